The average molecular weight is 604 g/mol. The molecule has 0 heterocycles. The van der Waals surface area contributed by atoms with Gasteiger partial charge in [-0.3, -0.25) is 14.4 Å². The molecule has 43 heavy (non-hydrogen) atoms. The number of hydrogen-bond acceptors (Lipinski definition) is 4. The van der Waals surface area contributed by atoms with E-state index in [1.54, 1.807) is 0 Å². The number of amides is 1. The Balaban J connectivity index is 4.19. The van der Waals surface area contributed by atoms with Crippen molar-refractivity contribution in [1.82, 2.24) is 5.32 Å². The van der Waals surface area contributed by atoms with E-state index in [0.717, 1.165) is 64.2 Å². The molecule has 0 saturated carbocycles. The molecule has 0 aromatic carbocycles. The van der Waals surface area contributed by atoms with Gasteiger partial charge >= 0.3 is 11.9 Å². The second-order valence-electron chi connectivity index (χ2n) is 11.7. The van der Waals surface area contributed by atoms with Gasteiger partial charge in [0.05, 0.1) is 0 Å². The maximum absolute atomic E-state index is 12.6. The summed E-state index contributed by atoms with van der Waals surface area (Å²) in [6, 6.07) is 0. The van der Waals surface area contributed by atoms with Gasteiger partial charge < -0.3 is 15.2 Å². The van der Waals surface area contributed by atoms with Gasteiger partial charge in [0.2, 0.25) is 5.91 Å². The molecule has 0 rings (SSSR count). The van der Waals surface area contributed by atoms with Crippen LogP contribution in [0.25, 0.3) is 0 Å². The first-order chi connectivity index (χ1) is 21.0. The fourth-order valence-electron chi connectivity index (χ4n) is 4.98. The van der Waals surface area contributed by atoms with Gasteiger partial charge in [0.25, 0.3) is 0 Å². The molecule has 248 valence electrons. The maximum atomic E-state index is 12.6. The minimum atomic E-state index is -1.03. The van der Waals surface area contributed by atoms with Crippen molar-refractivity contribution < 1.29 is 24.2 Å². The predicted molar refractivity (Wildman–Crippen MR) is 180 cm³/mol. The van der Waals surface area contributed by atoms with E-state index in [0.29, 0.717) is 12.8 Å². The summed E-state index contributed by atoms with van der Waals surface area (Å²) in [6.07, 6.45) is 38.5. The van der Waals surface area contributed by atoms with E-state index in [1.807, 2.05) is 6.08 Å². The Morgan fingerprint density at radius 3 is 1.67 bits per heavy atom. The highest BCUT2D eigenvalue weighted by Gasteiger charge is 2.11. The first kappa shape index (κ1) is 40.6. The third kappa shape index (κ3) is 32.4. The summed E-state index contributed by atoms with van der Waals surface area (Å²) in [6.45, 7) is 4.06. The summed E-state index contributed by atoms with van der Waals surface area (Å²) in [4.78, 5) is 34.7. The summed E-state index contributed by atoms with van der Waals surface area (Å²) >= 11 is 0. The second kappa shape index (κ2) is 32.5. The number of aliphatic carboxylic acids is 1. The number of rotatable bonds is 31. The van der Waals surface area contributed by atoms with Crippen LogP contribution in [0.5, 0.6) is 0 Å². The van der Waals surface area contributed by atoms with Crippen LogP contribution in [0.1, 0.15) is 168 Å². The van der Waals surface area contributed by atoms with Gasteiger partial charge in [0, 0.05) is 12.8 Å². The van der Waals surface area contributed by atoms with Crippen LogP contribution in [0, 0.1) is 0 Å². The van der Waals surface area contributed by atoms with Crippen molar-refractivity contribution in [3.05, 3.63) is 36.5 Å². The third-order valence-corrected chi connectivity index (χ3v) is 7.56. The van der Waals surface area contributed by atoms with Gasteiger partial charge in [-0.1, -0.05) is 141 Å². The molecule has 0 spiro atoms. The Bertz CT molecular complexity index is 758. The lowest BCUT2D eigenvalue weighted by Gasteiger charge is -2.14. The standard InChI is InChI=1S/C37H65NO5/c1-3-5-7-9-11-13-14-15-16-17-18-20-22-28-32-37(42)43-34(29-25-21-19-12-10-8-6-4-2)30-26-23-24-27-31-35(39)38-33-36(40)41/h6,8,12,19,25,29,34H,3-5,7,9-11,13-18,20-24,26-28,30-33H2,1-2H3,(H,38,39)(H,40,41)/b8-6-,19-12-,29-25-. The van der Waals surface area contributed by atoms with Crippen LogP contribution in [-0.2, 0) is 19.1 Å². The summed E-state index contributed by atoms with van der Waals surface area (Å²) < 4.78 is 5.84. The molecule has 0 aromatic heterocycles. The molecule has 0 fully saturated rings. The normalized spacial score (nSPS) is 12.4. The SMILES string of the molecule is CC/C=C\C/C=C\C/C=C\C(CCCCCCC(=O)NCC(=O)O)OC(=O)CCCCCCCCCCCCCCCC. The molecule has 0 aliphatic rings. The molecule has 1 atom stereocenters. The molecule has 0 aliphatic carbocycles. The lowest BCUT2D eigenvalue weighted by molar-refractivity contribution is -0.147. The van der Waals surface area contributed by atoms with Crippen LogP contribution in [0.2, 0.25) is 0 Å². The Morgan fingerprint density at radius 2 is 1.12 bits per heavy atom. The smallest absolute Gasteiger partial charge is 0.322 e. The van der Waals surface area contributed by atoms with Crippen LogP contribution in [0.3, 0.4) is 0 Å². The summed E-state index contributed by atoms with van der Waals surface area (Å²) in [5.74, 6) is -1.36. The van der Waals surface area contributed by atoms with Crippen LogP contribution in [-0.4, -0.2) is 35.6 Å². The number of carbonyl (C=O) groups excluding carboxylic acids is 2. The summed E-state index contributed by atoms with van der Waals surface area (Å²) in [5.41, 5.74) is 0. The van der Waals surface area contributed by atoms with Gasteiger partial charge in [0.15, 0.2) is 0 Å². The molecule has 0 saturated heterocycles. The molecule has 1 unspecified atom stereocenters. The second-order valence-corrected chi connectivity index (χ2v) is 11.7. The lowest BCUT2D eigenvalue weighted by atomic mass is 10.0. The van der Waals surface area contributed by atoms with E-state index in [2.05, 4.69) is 49.5 Å². The Morgan fingerprint density at radius 1 is 0.628 bits per heavy atom. The molecule has 0 radical (unpaired) electrons. The minimum absolute atomic E-state index is 0.107. The average Bonchev–Trinajstić information content (AvgIpc) is 2.99. The van der Waals surface area contributed by atoms with E-state index < -0.39 is 5.97 Å². The quantitative estimate of drug-likeness (QED) is 0.0467. The Hall–Kier alpha value is -2.37. The van der Waals surface area contributed by atoms with E-state index >= 15 is 0 Å². The van der Waals surface area contributed by atoms with E-state index in [1.165, 1.54) is 77.0 Å². The van der Waals surface area contributed by atoms with Crippen molar-refractivity contribution in [3.8, 4) is 0 Å². The van der Waals surface area contributed by atoms with Crippen molar-refractivity contribution >= 4 is 17.8 Å². The lowest BCUT2D eigenvalue weighted by Crippen LogP contribution is -2.28. The number of ether oxygens (including phenoxy) is 1. The molecule has 0 aliphatic heterocycles. The highest BCUT2D eigenvalue weighted by Crippen LogP contribution is 2.15. The summed E-state index contributed by atoms with van der Waals surface area (Å²) in [5, 5.41) is 11.0. The largest absolute Gasteiger partial charge is 0.480 e. The highest BCUT2D eigenvalue weighted by molar-refractivity contribution is 5.80. The molecule has 2 N–H and O–H groups in total. The van der Waals surface area contributed by atoms with Crippen molar-refractivity contribution in [3.63, 3.8) is 0 Å². The zero-order valence-corrected chi connectivity index (χ0v) is 27.8. The Kier molecular flexibility index (Phi) is 30.7. The molecule has 1 amide bonds. The number of hydrogen-bond donors (Lipinski definition) is 2. The Labute approximate surface area is 264 Å². The van der Waals surface area contributed by atoms with Crippen molar-refractivity contribution in [2.75, 3.05) is 6.54 Å². The predicted octanol–water partition coefficient (Wildman–Crippen LogP) is 10.2. The van der Waals surface area contributed by atoms with Gasteiger partial charge in [-0.05, 0) is 51.0 Å². The zero-order valence-electron chi connectivity index (χ0n) is 27.8. The number of carboxylic acids is 1. The van der Waals surface area contributed by atoms with E-state index in [-0.39, 0.29) is 24.5 Å². The fraction of sp³-hybridized carbons (Fsp3) is 0.757. The molecular weight excluding hydrogens is 538 g/mol. The van der Waals surface area contributed by atoms with E-state index in [4.69, 9.17) is 9.84 Å². The molecule has 0 bridgehead atoms. The van der Waals surface area contributed by atoms with Gasteiger partial charge in [-0.2, -0.15) is 0 Å². The fourth-order valence-corrected chi connectivity index (χ4v) is 4.98. The van der Waals surface area contributed by atoms with Gasteiger partial charge in [-0.15, -0.1) is 0 Å². The van der Waals surface area contributed by atoms with Crippen LogP contribution in [0.4, 0.5) is 0 Å². The van der Waals surface area contributed by atoms with Crippen LogP contribution < -0.4 is 5.32 Å². The van der Waals surface area contributed by atoms with Crippen molar-refractivity contribution in [2.24, 2.45) is 0 Å². The first-order valence-corrected chi connectivity index (χ1v) is 17.6. The molecule has 6 nitrogen and oxygen atoms in total. The van der Waals surface area contributed by atoms with Crippen molar-refractivity contribution in [1.29, 1.82) is 0 Å². The first-order valence-electron chi connectivity index (χ1n) is 17.6. The van der Waals surface area contributed by atoms with Crippen LogP contribution >= 0.6 is 0 Å². The number of unbranched alkanes of at least 4 members (excludes halogenated alkanes) is 16. The molecular formula is C37H65NO5. The number of allylic oxidation sites excluding steroid dienone is 5. The monoisotopic (exact) mass is 603 g/mol. The zero-order chi connectivity index (χ0) is 31.6. The van der Waals surface area contributed by atoms with Crippen LogP contribution in [0.15, 0.2) is 36.5 Å². The van der Waals surface area contributed by atoms with Gasteiger partial charge in [-0.25, -0.2) is 0 Å². The topological polar surface area (TPSA) is 92.7 Å². The maximum Gasteiger partial charge on any atom is 0.322 e. The van der Waals surface area contributed by atoms with Gasteiger partial charge in [0.1, 0.15) is 12.6 Å². The third-order valence-electron chi connectivity index (χ3n) is 7.56. The molecule has 6 heteroatoms. The van der Waals surface area contributed by atoms with E-state index in [9.17, 15) is 14.4 Å². The van der Waals surface area contributed by atoms with Crippen molar-refractivity contribution in [2.45, 2.75) is 174 Å². The number of carbonyl (C=O) groups is 3. The highest BCUT2D eigenvalue weighted by atomic mass is 16.5. The summed E-state index contributed by atoms with van der Waals surface area (Å²) in [7, 11) is 0. The number of esters is 1. The minimum Gasteiger partial charge on any atom is -0.480 e. The number of carboxylic acid groups (broad SMARTS) is 1. The molecule has 0 aromatic rings. The number of nitrogens with one attached hydrogen (secondary N) is 1.